The van der Waals surface area contributed by atoms with Crippen LogP contribution in [0.3, 0.4) is 0 Å². The molecule has 88 valence electrons. The van der Waals surface area contributed by atoms with Crippen LogP contribution >= 0.6 is 0 Å². The van der Waals surface area contributed by atoms with Gasteiger partial charge in [0.15, 0.2) is 0 Å². The number of aryl methyl sites for hydroxylation is 2. The smallest absolute Gasteiger partial charge is 0.314 e. The number of ether oxygens (including phenoxy) is 1. The molecule has 0 unspecified atom stereocenters. The number of carbonyl (C=O) groups is 1. The lowest BCUT2D eigenvalue weighted by molar-refractivity contribution is -0.138. The van der Waals surface area contributed by atoms with Crippen LogP contribution in [0.1, 0.15) is 32.3 Å². The summed E-state index contributed by atoms with van der Waals surface area (Å²) in [6.45, 7) is 6.92. The van der Waals surface area contributed by atoms with E-state index in [9.17, 15) is 9.59 Å². The van der Waals surface area contributed by atoms with Crippen LogP contribution in [0.2, 0.25) is 0 Å². The van der Waals surface area contributed by atoms with Gasteiger partial charge in [-0.25, -0.2) is 0 Å². The third-order valence-corrected chi connectivity index (χ3v) is 2.14. The minimum atomic E-state index is -0.431. The van der Waals surface area contributed by atoms with Gasteiger partial charge in [-0.2, -0.15) is 0 Å². The predicted molar refractivity (Wildman–Crippen MR) is 59.6 cm³/mol. The van der Waals surface area contributed by atoms with Crippen LogP contribution in [0.15, 0.2) is 15.3 Å². The fourth-order valence-electron chi connectivity index (χ4n) is 1.17. The van der Waals surface area contributed by atoms with E-state index in [1.807, 2.05) is 6.92 Å². The van der Waals surface area contributed by atoms with Crippen LogP contribution in [-0.4, -0.2) is 5.97 Å². The van der Waals surface area contributed by atoms with Crippen LogP contribution in [0, 0.1) is 12.8 Å². The van der Waals surface area contributed by atoms with Gasteiger partial charge < -0.3 is 9.15 Å². The van der Waals surface area contributed by atoms with E-state index in [1.54, 1.807) is 20.8 Å². The highest BCUT2D eigenvalue weighted by Gasteiger charge is 2.16. The van der Waals surface area contributed by atoms with Crippen LogP contribution in [0.4, 0.5) is 0 Å². The molecule has 0 amide bonds. The highest BCUT2D eigenvalue weighted by molar-refractivity contribution is 5.74. The Morgan fingerprint density at radius 3 is 2.56 bits per heavy atom. The lowest BCUT2D eigenvalue weighted by Gasteiger charge is -2.08. The van der Waals surface area contributed by atoms with Gasteiger partial charge >= 0.3 is 5.97 Å². The fraction of sp³-hybridized carbons (Fsp3) is 0.500. The molecule has 1 aromatic heterocycles. The summed E-state index contributed by atoms with van der Waals surface area (Å²) in [7, 11) is 0. The summed E-state index contributed by atoms with van der Waals surface area (Å²) in [6.07, 6.45) is 0.633. The Hall–Kier alpha value is -1.58. The molecule has 0 aromatic carbocycles. The van der Waals surface area contributed by atoms with Crippen LogP contribution in [0.25, 0.3) is 0 Å². The van der Waals surface area contributed by atoms with E-state index in [4.69, 9.17) is 9.15 Å². The zero-order chi connectivity index (χ0) is 12.3. The Bertz CT molecular complexity index is 443. The van der Waals surface area contributed by atoms with Crippen molar-refractivity contribution in [3.8, 4) is 5.75 Å². The molecule has 1 rings (SSSR count). The molecule has 0 aliphatic carbocycles. The molecule has 1 heterocycles. The summed E-state index contributed by atoms with van der Waals surface area (Å²) in [5, 5.41) is 0. The highest BCUT2D eigenvalue weighted by Crippen LogP contribution is 2.15. The van der Waals surface area contributed by atoms with Crippen molar-refractivity contribution in [2.45, 2.75) is 34.1 Å². The average Bonchev–Trinajstić information content (AvgIpc) is 2.22. The maximum absolute atomic E-state index is 11.6. The number of esters is 1. The quantitative estimate of drug-likeness (QED) is 0.737. The van der Waals surface area contributed by atoms with Crippen LogP contribution in [0.5, 0.6) is 5.75 Å². The van der Waals surface area contributed by atoms with Crippen LogP contribution in [-0.2, 0) is 11.2 Å². The average molecular weight is 224 g/mol. The molecular weight excluding hydrogens is 208 g/mol. The van der Waals surface area contributed by atoms with Gasteiger partial charge in [-0.3, -0.25) is 9.59 Å². The molecule has 0 atom stereocenters. The zero-order valence-electron chi connectivity index (χ0n) is 9.99. The molecule has 0 aliphatic rings. The van der Waals surface area contributed by atoms with Crippen molar-refractivity contribution in [2.75, 3.05) is 0 Å². The first-order chi connectivity index (χ1) is 7.45. The van der Waals surface area contributed by atoms with Crippen molar-refractivity contribution in [1.82, 2.24) is 0 Å². The summed E-state index contributed by atoms with van der Waals surface area (Å²) < 4.78 is 10.3. The van der Waals surface area contributed by atoms with Crippen molar-refractivity contribution in [3.63, 3.8) is 0 Å². The van der Waals surface area contributed by atoms with Gasteiger partial charge in [-0.15, -0.1) is 0 Å². The van der Waals surface area contributed by atoms with E-state index in [1.165, 1.54) is 6.07 Å². The molecule has 0 radical (unpaired) electrons. The maximum atomic E-state index is 11.6. The van der Waals surface area contributed by atoms with E-state index in [0.29, 0.717) is 17.9 Å². The van der Waals surface area contributed by atoms with Gasteiger partial charge in [0, 0.05) is 12.5 Å². The second kappa shape index (κ2) is 4.96. The lowest BCUT2D eigenvalue weighted by atomic mass is 10.2. The van der Waals surface area contributed by atoms with Gasteiger partial charge in [0.25, 0.3) is 0 Å². The standard InChI is InChI=1S/C12H16O4/c1-5-9-6-10(13)11(8(4)15-9)16-12(14)7(2)3/h6-7H,5H2,1-4H3. The molecule has 0 fully saturated rings. The first kappa shape index (κ1) is 12.5. The minimum absolute atomic E-state index is 0.00380. The molecule has 4 heteroatoms. The third kappa shape index (κ3) is 2.72. The van der Waals surface area contributed by atoms with E-state index in [0.717, 1.165) is 0 Å². The molecule has 0 aliphatic heterocycles. The van der Waals surface area contributed by atoms with Crippen molar-refractivity contribution >= 4 is 5.97 Å². The Balaban J connectivity index is 3.06. The Labute approximate surface area is 94.2 Å². The van der Waals surface area contributed by atoms with Gasteiger partial charge in [-0.05, 0) is 6.92 Å². The number of hydrogen-bond acceptors (Lipinski definition) is 4. The van der Waals surface area contributed by atoms with Gasteiger partial charge in [0.05, 0.1) is 5.92 Å². The molecular formula is C12H16O4. The largest absolute Gasteiger partial charge is 0.462 e. The SMILES string of the molecule is CCc1cc(=O)c(OC(=O)C(C)C)c(C)o1. The van der Waals surface area contributed by atoms with Gasteiger partial charge in [-0.1, -0.05) is 20.8 Å². The first-order valence-corrected chi connectivity index (χ1v) is 5.31. The first-order valence-electron chi connectivity index (χ1n) is 5.31. The van der Waals surface area contributed by atoms with Crippen molar-refractivity contribution < 1.29 is 13.9 Å². The molecule has 4 nitrogen and oxygen atoms in total. The molecule has 16 heavy (non-hydrogen) atoms. The zero-order valence-corrected chi connectivity index (χ0v) is 9.99. The van der Waals surface area contributed by atoms with E-state index < -0.39 is 5.97 Å². The topological polar surface area (TPSA) is 56.5 Å². The summed E-state index contributed by atoms with van der Waals surface area (Å²) in [5.41, 5.74) is -0.311. The van der Waals surface area contributed by atoms with Gasteiger partial charge in [0.2, 0.25) is 11.2 Å². The van der Waals surface area contributed by atoms with E-state index >= 15 is 0 Å². The van der Waals surface area contributed by atoms with E-state index in [2.05, 4.69) is 0 Å². The fourth-order valence-corrected chi connectivity index (χ4v) is 1.17. The molecule has 0 bridgehead atoms. The molecule has 0 spiro atoms. The summed E-state index contributed by atoms with van der Waals surface area (Å²) >= 11 is 0. The Kier molecular flexibility index (Phi) is 3.88. The van der Waals surface area contributed by atoms with Crippen molar-refractivity contribution in [3.05, 3.63) is 27.8 Å². The summed E-state index contributed by atoms with van der Waals surface area (Å²) in [6, 6.07) is 1.36. The number of carbonyl (C=O) groups excluding carboxylic acids is 1. The molecule has 0 N–H and O–H groups in total. The molecule has 0 saturated carbocycles. The summed E-state index contributed by atoms with van der Waals surface area (Å²) in [5.74, 6) is 0.227. The molecule has 1 aromatic rings. The summed E-state index contributed by atoms with van der Waals surface area (Å²) in [4.78, 5) is 23.0. The predicted octanol–water partition coefficient (Wildman–Crippen LogP) is 2.07. The van der Waals surface area contributed by atoms with Crippen molar-refractivity contribution in [1.29, 1.82) is 0 Å². The number of hydrogen-bond donors (Lipinski definition) is 0. The van der Waals surface area contributed by atoms with Crippen LogP contribution < -0.4 is 10.2 Å². The highest BCUT2D eigenvalue weighted by atomic mass is 16.5. The van der Waals surface area contributed by atoms with Gasteiger partial charge in [0.1, 0.15) is 11.5 Å². The van der Waals surface area contributed by atoms with Crippen molar-refractivity contribution in [2.24, 2.45) is 5.92 Å². The lowest BCUT2D eigenvalue weighted by Crippen LogP contribution is -2.20. The minimum Gasteiger partial charge on any atom is -0.462 e. The normalized spacial score (nSPS) is 10.6. The number of rotatable bonds is 3. The Morgan fingerprint density at radius 1 is 1.50 bits per heavy atom. The second-order valence-electron chi connectivity index (χ2n) is 3.89. The monoisotopic (exact) mass is 224 g/mol. The molecule has 0 saturated heterocycles. The Morgan fingerprint density at radius 2 is 2.12 bits per heavy atom. The maximum Gasteiger partial charge on any atom is 0.314 e. The second-order valence-corrected chi connectivity index (χ2v) is 3.89. The van der Waals surface area contributed by atoms with E-state index in [-0.39, 0.29) is 17.1 Å². The third-order valence-electron chi connectivity index (χ3n) is 2.14.